The Balaban J connectivity index is 1.84. The number of thiophene rings is 2. The predicted molar refractivity (Wildman–Crippen MR) is 111 cm³/mol. The van der Waals surface area contributed by atoms with Crippen LogP contribution in [0.1, 0.15) is 32.7 Å². The Morgan fingerprint density at radius 1 is 1.26 bits per heavy atom. The van der Waals surface area contributed by atoms with Gasteiger partial charge in [-0.1, -0.05) is 6.07 Å². The lowest BCUT2D eigenvalue weighted by Gasteiger charge is -2.10. The number of carbonyl (C=O) groups excluding carboxylic acids is 2. The largest absolute Gasteiger partial charge is 0.462 e. The maximum atomic E-state index is 12.5. The van der Waals surface area contributed by atoms with Crippen molar-refractivity contribution in [1.82, 2.24) is 5.32 Å². The molecule has 3 heterocycles. The first kappa shape index (κ1) is 19.3. The molecule has 0 aliphatic rings. The van der Waals surface area contributed by atoms with Crippen LogP contribution < -0.4 is 10.6 Å². The summed E-state index contributed by atoms with van der Waals surface area (Å²) in [6, 6.07) is 7.10. The van der Waals surface area contributed by atoms with Gasteiger partial charge in [-0.3, -0.25) is 10.1 Å². The first-order chi connectivity index (χ1) is 13.0. The van der Waals surface area contributed by atoms with E-state index < -0.39 is 5.97 Å². The van der Waals surface area contributed by atoms with Crippen molar-refractivity contribution in [2.45, 2.75) is 13.8 Å². The summed E-state index contributed by atoms with van der Waals surface area (Å²) in [6.07, 6.45) is 0. The van der Waals surface area contributed by atoms with Gasteiger partial charge in [0.2, 0.25) is 0 Å². The molecule has 0 aliphatic heterocycles. The zero-order valence-electron chi connectivity index (χ0n) is 14.5. The number of ether oxygens (including phenoxy) is 1. The van der Waals surface area contributed by atoms with E-state index in [-0.39, 0.29) is 17.6 Å². The lowest BCUT2D eigenvalue weighted by atomic mass is 10.1. The third-order valence-corrected chi connectivity index (χ3v) is 5.44. The molecule has 3 aromatic heterocycles. The molecule has 0 saturated heterocycles. The number of furan rings is 1. The van der Waals surface area contributed by atoms with E-state index >= 15 is 0 Å². The van der Waals surface area contributed by atoms with E-state index in [2.05, 4.69) is 10.6 Å². The normalized spacial score (nSPS) is 10.4. The molecule has 3 rings (SSSR count). The van der Waals surface area contributed by atoms with Gasteiger partial charge >= 0.3 is 5.97 Å². The van der Waals surface area contributed by atoms with Crippen LogP contribution in [-0.2, 0) is 4.74 Å². The molecule has 2 N–H and O–H groups in total. The highest BCUT2D eigenvalue weighted by molar-refractivity contribution is 7.80. The lowest BCUT2D eigenvalue weighted by Crippen LogP contribution is -2.33. The van der Waals surface area contributed by atoms with Gasteiger partial charge in [-0.2, -0.15) is 0 Å². The van der Waals surface area contributed by atoms with Crippen LogP contribution in [0.2, 0.25) is 0 Å². The summed E-state index contributed by atoms with van der Waals surface area (Å²) < 4.78 is 10.8. The third kappa shape index (κ3) is 4.44. The summed E-state index contributed by atoms with van der Waals surface area (Å²) in [6.45, 7) is 3.80. The molecule has 0 unspecified atom stereocenters. The van der Waals surface area contributed by atoms with Crippen molar-refractivity contribution in [3.63, 3.8) is 0 Å². The first-order valence-corrected chi connectivity index (χ1v) is 10.2. The minimum absolute atomic E-state index is 0.1000. The van der Waals surface area contributed by atoms with Crippen molar-refractivity contribution in [2.75, 3.05) is 11.9 Å². The van der Waals surface area contributed by atoms with Crippen molar-refractivity contribution in [3.8, 4) is 11.3 Å². The molecule has 140 valence electrons. The second-order valence-electron chi connectivity index (χ2n) is 5.37. The molecule has 0 spiro atoms. The lowest BCUT2D eigenvalue weighted by molar-refractivity contribution is 0.0528. The summed E-state index contributed by atoms with van der Waals surface area (Å²) in [4.78, 5) is 25.2. The Kier molecular flexibility index (Phi) is 6.04. The van der Waals surface area contributed by atoms with Gasteiger partial charge in [-0.05, 0) is 49.6 Å². The highest BCUT2D eigenvalue weighted by atomic mass is 32.1. The Bertz CT molecular complexity index is 973. The standard InChI is InChI=1S/C18H16N2O4S3/c1-3-23-17(22)14-11(12-7-6-10(2)24-12)9-27-16(14)20-18(25)19-15(21)13-5-4-8-26-13/h4-9H,3H2,1-2H3,(H2,19,20,21,25). The number of aryl methyl sites for hydroxylation is 1. The van der Waals surface area contributed by atoms with Gasteiger partial charge in [0, 0.05) is 10.9 Å². The second kappa shape index (κ2) is 8.47. The smallest absolute Gasteiger partial charge is 0.341 e. The fourth-order valence-electron chi connectivity index (χ4n) is 2.32. The summed E-state index contributed by atoms with van der Waals surface area (Å²) in [5.74, 6) is 0.504. The molecule has 0 fully saturated rings. The van der Waals surface area contributed by atoms with Crippen molar-refractivity contribution < 1.29 is 18.7 Å². The minimum Gasteiger partial charge on any atom is -0.462 e. The Morgan fingerprint density at radius 3 is 2.70 bits per heavy atom. The number of anilines is 1. The predicted octanol–water partition coefficient (Wildman–Crippen LogP) is 4.68. The van der Waals surface area contributed by atoms with E-state index in [4.69, 9.17) is 21.4 Å². The van der Waals surface area contributed by atoms with E-state index in [1.165, 1.54) is 22.7 Å². The van der Waals surface area contributed by atoms with Gasteiger partial charge in [0.25, 0.3) is 5.91 Å². The van der Waals surface area contributed by atoms with E-state index in [0.29, 0.717) is 26.8 Å². The maximum absolute atomic E-state index is 12.5. The van der Waals surface area contributed by atoms with Crippen LogP contribution in [0.5, 0.6) is 0 Å². The Morgan fingerprint density at radius 2 is 2.07 bits per heavy atom. The zero-order chi connectivity index (χ0) is 19.4. The number of hydrogen-bond donors (Lipinski definition) is 2. The van der Waals surface area contributed by atoms with Gasteiger partial charge in [0.15, 0.2) is 5.11 Å². The van der Waals surface area contributed by atoms with E-state index in [1.54, 1.807) is 35.9 Å². The van der Waals surface area contributed by atoms with Crippen molar-refractivity contribution in [3.05, 3.63) is 51.2 Å². The minimum atomic E-state index is -0.488. The Labute approximate surface area is 169 Å². The highest BCUT2D eigenvalue weighted by Crippen LogP contribution is 2.37. The number of nitrogens with one attached hydrogen (secondary N) is 2. The number of amides is 1. The number of thiocarbonyl (C=S) groups is 1. The number of rotatable bonds is 5. The van der Waals surface area contributed by atoms with Gasteiger partial charge in [-0.25, -0.2) is 4.79 Å². The molecule has 0 bridgehead atoms. The van der Waals surface area contributed by atoms with Crippen LogP contribution in [0, 0.1) is 6.92 Å². The third-order valence-electron chi connectivity index (χ3n) is 3.48. The quantitative estimate of drug-likeness (QED) is 0.461. The van der Waals surface area contributed by atoms with Gasteiger partial charge in [0.1, 0.15) is 22.1 Å². The van der Waals surface area contributed by atoms with Gasteiger partial charge in [0.05, 0.1) is 11.5 Å². The highest BCUT2D eigenvalue weighted by Gasteiger charge is 2.24. The molecule has 1 amide bonds. The van der Waals surface area contributed by atoms with Crippen LogP contribution in [0.15, 0.2) is 39.4 Å². The molecular weight excluding hydrogens is 404 g/mol. The average Bonchev–Trinajstić information content (AvgIpc) is 3.34. The molecule has 9 heteroatoms. The maximum Gasteiger partial charge on any atom is 0.341 e. The molecule has 0 atom stereocenters. The SMILES string of the molecule is CCOC(=O)c1c(-c2ccc(C)o2)csc1NC(=S)NC(=O)c1cccs1. The number of hydrogen-bond acceptors (Lipinski definition) is 7. The van der Waals surface area contributed by atoms with Gasteiger partial charge < -0.3 is 14.5 Å². The number of esters is 1. The summed E-state index contributed by atoms with van der Waals surface area (Å²) >= 11 is 7.81. The van der Waals surface area contributed by atoms with Gasteiger partial charge in [-0.15, -0.1) is 22.7 Å². The van der Waals surface area contributed by atoms with E-state index in [1.807, 2.05) is 13.0 Å². The first-order valence-electron chi connectivity index (χ1n) is 8.00. The molecule has 0 aromatic carbocycles. The molecule has 3 aromatic rings. The van der Waals surface area contributed by atoms with Crippen LogP contribution in [-0.4, -0.2) is 23.6 Å². The summed E-state index contributed by atoms with van der Waals surface area (Å²) in [5.41, 5.74) is 0.936. The molecule has 0 radical (unpaired) electrons. The fourth-order valence-corrected chi connectivity index (χ4v) is 4.14. The fraction of sp³-hybridized carbons (Fsp3) is 0.167. The second-order valence-corrected chi connectivity index (χ2v) is 7.61. The molecule has 27 heavy (non-hydrogen) atoms. The topological polar surface area (TPSA) is 80.6 Å². The van der Waals surface area contributed by atoms with E-state index in [9.17, 15) is 9.59 Å². The zero-order valence-corrected chi connectivity index (χ0v) is 17.0. The van der Waals surface area contributed by atoms with Crippen LogP contribution in [0.3, 0.4) is 0 Å². The van der Waals surface area contributed by atoms with Crippen molar-refractivity contribution in [1.29, 1.82) is 0 Å². The van der Waals surface area contributed by atoms with Crippen LogP contribution in [0.25, 0.3) is 11.3 Å². The molecule has 0 aliphatic carbocycles. The van der Waals surface area contributed by atoms with E-state index in [0.717, 1.165) is 5.76 Å². The van der Waals surface area contributed by atoms with Crippen LogP contribution in [0.4, 0.5) is 5.00 Å². The Hall–Kier alpha value is -2.49. The monoisotopic (exact) mass is 420 g/mol. The van der Waals surface area contributed by atoms with Crippen LogP contribution >= 0.6 is 34.9 Å². The van der Waals surface area contributed by atoms with Crippen molar-refractivity contribution >= 4 is 56.9 Å². The molecule has 0 saturated carbocycles. The summed E-state index contributed by atoms with van der Waals surface area (Å²) in [5, 5.41) is 9.70. The number of carbonyl (C=O) groups is 2. The summed E-state index contributed by atoms with van der Waals surface area (Å²) in [7, 11) is 0. The molecular formula is C18H16N2O4S3. The molecule has 6 nitrogen and oxygen atoms in total. The van der Waals surface area contributed by atoms with Crippen molar-refractivity contribution in [2.24, 2.45) is 0 Å². The average molecular weight is 421 g/mol.